The van der Waals surface area contributed by atoms with E-state index in [9.17, 15) is 9.90 Å². The predicted octanol–water partition coefficient (Wildman–Crippen LogP) is 3.93. The number of rotatable bonds is 5. The molecule has 0 radical (unpaired) electrons. The molecule has 1 aliphatic carbocycles. The minimum absolute atomic E-state index is 0.0546. The number of nitrogens with one attached hydrogen (secondary N) is 1. The van der Waals surface area contributed by atoms with Gasteiger partial charge in [-0.25, -0.2) is 4.99 Å². The number of carbonyl (C=O) groups excluding carboxylic acids is 1. The number of fused-ring (bicyclic) bond motifs is 1. The summed E-state index contributed by atoms with van der Waals surface area (Å²) in [5, 5.41) is 12.3. The summed E-state index contributed by atoms with van der Waals surface area (Å²) in [6.45, 7) is 0.539. The Morgan fingerprint density at radius 1 is 1.39 bits per heavy atom. The Bertz CT molecular complexity index is 591. The van der Waals surface area contributed by atoms with Gasteiger partial charge in [0.15, 0.2) is 0 Å². The van der Waals surface area contributed by atoms with Gasteiger partial charge in [0, 0.05) is 30.9 Å². The second-order valence-corrected chi connectivity index (χ2v) is 7.57. The Kier molecular flexibility index (Phi) is 5.54. The summed E-state index contributed by atoms with van der Waals surface area (Å²) in [6.07, 6.45) is 11.3. The number of hydrogen-bond acceptors (Lipinski definition) is 3. The van der Waals surface area contributed by atoms with Crippen molar-refractivity contribution in [2.75, 3.05) is 11.9 Å². The fraction of sp³-hybridized carbons (Fsp3) is 0.647. The van der Waals surface area contributed by atoms with Gasteiger partial charge in [0.2, 0.25) is 5.91 Å². The Morgan fingerprint density at radius 2 is 2.17 bits per heavy atom. The standard InChI is InChI=1S/C17H24BrN3O2/c18-13-6-7-19-17-16(13)14(11-21(17)8-9-22)20-15(23)10-12-4-2-1-3-5-12/h7,11-13,22H,1-6,8-10H2,(H,20,23). The Morgan fingerprint density at radius 3 is 2.91 bits per heavy atom. The first-order chi connectivity index (χ1) is 11.2. The average Bonchev–Trinajstić information content (AvgIpc) is 2.88. The highest BCUT2D eigenvalue weighted by Crippen LogP contribution is 2.43. The van der Waals surface area contributed by atoms with Crippen LogP contribution < -0.4 is 5.32 Å². The van der Waals surface area contributed by atoms with E-state index in [1.807, 2.05) is 17.0 Å². The van der Waals surface area contributed by atoms with Crippen molar-refractivity contribution in [2.45, 2.75) is 56.3 Å². The number of halogens is 1. The summed E-state index contributed by atoms with van der Waals surface area (Å²) >= 11 is 3.67. The van der Waals surface area contributed by atoms with Crippen molar-refractivity contribution in [1.29, 1.82) is 0 Å². The van der Waals surface area contributed by atoms with E-state index in [1.54, 1.807) is 0 Å². The first kappa shape index (κ1) is 16.7. The van der Waals surface area contributed by atoms with Gasteiger partial charge in [0.1, 0.15) is 5.82 Å². The summed E-state index contributed by atoms with van der Waals surface area (Å²) in [6, 6.07) is 0. The number of nitrogens with zero attached hydrogens (tertiary/aromatic N) is 2. The van der Waals surface area contributed by atoms with Crippen LogP contribution >= 0.6 is 15.9 Å². The molecule has 1 saturated carbocycles. The lowest BCUT2D eigenvalue weighted by molar-refractivity contribution is -0.117. The van der Waals surface area contributed by atoms with Crippen molar-refractivity contribution in [3.05, 3.63) is 11.8 Å². The summed E-state index contributed by atoms with van der Waals surface area (Å²) in [7, 11) is 0. The Balaban J connectivity index is 1.74. The lowest BCUT2D eigenvalue weighted by Gasteiger charge is -2.21. The monoisotopic (exact) mass is 381 g/mol. The Labute approximate surface area is 145 Å². The first-order valence-corrected chi connectivity index (χ1v) is 9.41. The summed E-state index contributed by atoms with van der Waals surface area (Å²) in [5.74, 6) is 1.45. The number of alkyl halides is 1. The third kappa shape index (κ3) is 3.86. The van der Waals surface area contributed by atoms with Crippen LogP contribution in [0, 0.1) is 5.92 Å². The third-order valence-electron chi connectivity index (χ3n) is 4.74. The van der Waals surface area contributed by atoms with Crippen LogP contribution in [0.15, 0.2) is 11.2 Å². The molecule has 0 aromatic carbocycles. The molecule has 0 spiro atoms. The smallest absolute Gasteiger partial charge is 0.224 e. The molecule has 2 heterocycles. The maximum atomic E-state index is 12.4. The highest BCUT2D eigenvalue weighted by Gasteiger charge is 2.25. The minimum atomic E-state index is 0.0546. The average molecular weight is 382 g/mol. The van der Waals surface area contributed by atoms with Crippen molar-refractivity contribution in [3.8, 4) is 0 Å². The molecule has 3 rings (SSSR count). The maximum Gasteiger partial charge on any atom is 0.224 e. The van der Waals surface area contributed by atoms with Gasteiger partial charge < -0.3 is 15.0 Å². The maximum absolute atomic E-state index is 12.4. The number of amides is 1. The minimum Gasteiger partial charge on any atom is -0.395 e. The number of aromatic nitrogens is 1. The molecule has 1 amide bonds. The van der Waals surface area contributed by atoms with E-state index in [0.717, 1.165) is 23.5 Å². The molecular weight excluding hydrogens is 358 g/mol. The topological polar surface area (TPSA) is 66.6 Å². The van der Waals surface area contributed by atoms with Crippen molar-refractivity contribution in [3.63, 3.8) is 0 Å². The molecule has 2 N–H and O–H groups in total. The molecule has 0 bridgehead atoms. The lowest BCUT2D eigenvalue weighted by Crippen LogP contribution is -2.18. The van der Waals surface area contributed by atoms with Gasteiger partial charge in [-0.15, -0.1) is 0 Å². The van der Waals surface area contributed by atoms with Gasteiger partial charge in [-0.3, -0.25) is 4.79 Å². The van der Waals surface area contributed by atoms with E-state index >= 15 is 0 Å². The number of carbonyl (C=O) groups is 1. The van der Waals surface area contributed by atoms with E-state index in [4.69, 9.17) is 0 Å². The van der Waals surface area contributed by atoms with E-state index in [2.05, 4.69) is 26.2 Å². The molecule has 1 aromatic rings. The Hall–Kier alpha value is -1.14. The van der Waals surface area contributed by atoms with Gasteiger partial charge in [-0.05, 0) is 25.2 Å². The molecular formula is C17H24BrN3O2. The quantitative estimate of drug-likeness (QED) is 0.758. The van der Waals surface area contributed by atoms with Crippen molar-refractivity contribution in [2.24, 2.45) is 10.9 Å². The lowest BCUT2D eigenvalue weighted by atomic mass is 9.87. The van der Waals surface area contributed by atoms with Gasteiger partial charge in [0.25, 0.3) is 0 Å². The summed E-state index contributed by atoms with van der Waals surface area (Å²) in [4.78, 5) is 17.0. The molecule has 2 aliphatic rings. The molecule has 1 fully saturated rings. The van der Waals surface area contributed by atoms with E-state index in [-0.39, 0.29) is 17.3 Å². The van der Waals surface area contributed by atoms with Crippen LogP contribution in [0.2, 0.25) is 0 Å². The van der Waals surface area contributed by atoms with Gasteiger partial charge in [-0.1, -0.05) is 35.2 Å². The van der Waals surface area contributed by atoms with Crippen LogP contribution in [-0.2, 0) is 11.3 Å². The highest BCUT2D eigenvalue weighted by molar-refractivity contribution is 9.09. The molecule has 1 aromatic heterocycles. The third-order valence-corrected chi connectivity index (χ3v) is 5.57. The normalized spacial score (nSPS) is 21.2. The molecule has 23 heavy (non-hydrogen) atoms. The van der Waals surface area contributed by atoms with Crippen LogP contribution in [0.1, 0.15) is 55.3 Å². The molecule has 0 saturated heterocycles. The van der Waals surface area contributed by atoms with E-state index in [0.29, 0.717) is 18.9 Å². The van der Waals surface area contributed by atoms with Gasteiger partial charge in [0.05, 0.1) is 17.1 Å². The molecule has 5 nitrogen and oxygen atoms in total. The zero-order chi connectivity index (χ0) is 16.2. The fourth-order valence-corrected chi connectivity index (χ4v) is 4.21. The second kappa shape index (κ2) is 7.62. The van der Waals surface area contributed by atoms with Crippen molar-refractivity contribution in [1.82, 2.24) is 4.57 Å². The number of aliphatic hydroxyl groups is 1. The SMILES string of the molecule is O=C(CC1CCCCC1)Nc1cn(CCO)c2c1C(Br)CC=N2. The number of anilines is 1. The zero-order valence-corrected chi connectivity index (χ0v) is 14.9. The molecule has 1 unspecified atom stereocenters. The zero-order valence-electron chi connectivity index (χ0n) is 13.3. The van der Waals surface area contributed by atoms with Crippen LogP contribution in [0.3, 0.4) is 0 Å². The molecule has 6 heteroatoms. The second-order valence-electron chi connectivity index (χ2n) is 6.47. The summed E-state index contributed by atoms with van der Waals surface area (Å²) < 4.78 is 1.91. The van der Waals surface area contributed by atoms with E-state index in [1.165, 1.54) is 32.1 Å². The van der Waals surface area contributed by atoms with Gasteiger partial charge in [-0.2, -0.15) is 0 Å². The highest BCUT2D eigenvalue weighted by atomic mass is 79.9. The van der Waals surface area contributed by atoms with E-state index < -0.39 is 0 Å². The molecule has 126 valence electrons. The van der Waals surface area contributed by atoms with Crippen molar-refractivity contribution < 1.29 is 9.90 Å². The molecule has 1 atom stereocenters. The van der Waals surface area contributed by atoms with Gasteiger partial charge >= 0.3 is 0 Å². The largest absolute Gasteiger partial charge is 0.395 e. The van der Waals surface area contributed by atoms with Crippen LogP contribution in [-0.4, -0.2) is 28.4 Å². The van der Waals surface area contributed by atoms with Crippen molar-refractivity contribution >= 4 is 39.6 Å². The van der Waals surface area contributed by atoms with Crippen LogP contribution in [0.25, 0.3) is 0 Å². The van der Waals surface area contributed by atoms with Crippen LogP contribution in [0.4, 0.5) is 11.5 Å². The predicted molar refractivity (Wildman–Crippen MR) is 95.8 cm³/mol. The molecule has 1 aliphatic heterocycles. The summed E-state index contributed by atoms with van der Waals surface area (Å²) in [5.41, 5.74) is 1.85. The number of aliphatic hydroxyl groups excluding tert-OH is 1. The first-order valence-electron chi connectivity index (χ1n) is 8.49. The van der Waals surface area contributed by atoms with Crippen LogP contribution in [0.5, 0.6) is 0 Å². The number of hydrogen-bond donors (Lipinski definition) is 2. The number of aliphatic imine (C=N–C) groups is 1. The fourth-order valence-electron chi connectivity index (χ4n) is 3.60.